The number of rotatable bonds is 5. The minimum absolute atomic E-state index is 0.152. The second kappa shape index (κ2) is 8.46. The number of hydrogen-bond acceptors (Lipinski definition) is 4. The van der Waals surface area contributed by atoms with Crippen LogP contribution in [0.25, 0.3) is 5.57 Å². The van der Waals surface area contributed by atoms with Gasteiger partial charge in [-0.3, -0.25) is 4.79 Å². The molecular weight excluding hydrogens is 444 g/mol. The number of carbonyl (C=O) groups excluding carboxylic acids is 1. The smallest absolute Gasteiger partial charge is 0.243 e. The van der Waals surface area contributed by atoms with Crippen molar-refractivity contribution < 1.29 is 18.3 Å². The molecule has 148 valence electrons. The summed E-state index contributed by atoms with van der Waals surface area (Å²) < 4.78 is 27.1. The molecule has 3 rings (SSSR count). The van der Waals surface area contributed by atoms with E-state index in [1.54, 1.807) is 29.2 Å². The van der Waals surface area contributed by atoms with Gasteiger partial charge in [-0.15, -0.1) is 0 Å². The van der Waals surface area contributed by atoms with Gasteiger partial charge in [-0.2, -0.15) is 4.31 Å². The predicted octanol–water partition coefficient (Wildman–Crippen LogP) is 3.09. The molecule has 6 nitrogen and oxygen atoms in total. The van der Waals surface area contributed by atoms with E-state index in [4.69, 9.17) is 0 Å². The summed E-state index contributed by atoms with van der Waals surface area (Å²) in [5.74, 6) is -0.0174. The molecule has 1 heterocycles. The van der Waals surface area contributed by atoms with Crippen LogP contribution in [0.15, 0.2) is 64.0 Å². The van der Waals surface area contributed by atoms with E-state index in [1.807, 2.05) is 18.2 Å². The molecule has 0 unspecified atom stereocenters. The van der Waals surface area contributed by atoms with E-state index in [0.29, 0.717) is 19.5 Å². The van der Waals surface area contributed by atoms with Gasteiger partial charge in [0.2, 0.25) is 15.9 Å². The lowest BCUT2D eigenvalue weighted by Crippen LogP contribution is -2.42. The first-order valence-corrected chi connectivity index (χ1v) is 11.0. The van der Waals surface area contributed by atoms with E-state index in [-0.39, 0.29) is 23.1 Å². The van der Waals surface area contributed by atoms with Gasteiger partial charge >= 0.3 is 0 Å². The van der Waals surface area contributed by atoms with E-state index in [0.717, 1.165) is 19.9 Å². The Labute approximate surface area is 173 Å². The highest BCUT2D eigenvalue weighted by Gasteiger charge is 2.26. The summed E-state index contributed by atoms with van der Waals surface area (Å²) in [6, 6.07) is 13.3. The molecular formula is C20H21BrN2O4S. The maximum absolute atomic E-state index is 12.6. The molecule has 0 saturated carbocycles. The normalized spacial score (nSPS) is 14.8. The lowest BCUT2D eigenvalue weighted by atomic mass is 9.99. The van der Waals surface area contributed by atoms with Gasteiger partial charge in [0.1, 0.15) is 5.75 Å². The first-order chi connectivity index (χ1) is 13.3. The van der Waals surface area contributed by atoms with Crippen molar-refractivity contribution in [2.24, 2.45) is 0 Å². The van der Waals surface area contributed by atoms with Crippen LogP contribution in [0, 0.1) is 0 Å². The fourth-order valence-electron chi connectivity index (χ4n) is 3.00. The summed E-state index contributed by atoms with van der Waals surface area (Å²) in [4.78, 5) is 14.4. The molecule has 0 fully saturated rings. The fraction of sp³-hybridized carbons (Fsp3) is 0.250. The summed E-state index contributed by atoms with van der Waals surface area (Å²) in [5, 5.41) is 9.39. The van der Waals surface area contributed by atoms with Gasteiger partial charge in [-0.05, 0) is 54.0 Å². The molecule has 0 atom stereocenters. The standard InChI is InChI=1S/C20H21BrN2O4S/c1-22(28(26,27)19-8-4-17(21)5-9-19)14-20(25)23-12-10-16(11-13-23)15-2-6-18(24)7-3-15/h2-10,24H,11-14H2,1H3. The van der Waals surface area contributed by atoms with Crippen LogP contribution < -0.4 is 0 Å². The van der Waals surface area contributed by atoms with Crippen LogP contribution in [0.5, 0.6) is 5.75 Å². The van der Waals surface area contributed by atoms with Crippen molar-refractivity contribution in [1.82, 2.24) is 9.21 Å². The molecule has 1 aliphatic rings. The van der Waals surface area contributed by atoms with Gasteiger partial charge in [0.25, 0.3) is 0 Å². The average Bonchev–Trinajstić information content (AvgIpc) is 2.69. The number of carbonyl (C=O) groups is 1. The summed E-state index contributed by atoms with van der Waals surface area (Å²) in [5.41, 5.74) is 2.12. The zero-order valence-corrected chi connectivity index (χ0v) is 17.8. The molecule has 2 aromatic rings. The van der Waals surface area contributed by atoms with Gasteiger partial charge in [0.15, 0.2) is 0 Å². The number of phenolic OH excluding ortho intramolecular Hbond substituents is 1. The number of benzene rings is 2. The first-order valence-electron chi connectivity index (χ1n) is 8.75. The van der Waals surface area contributed by atoms with Crippen LogP contribution in [0.4, 0.5) is 0 Å². The van der Waals surface area contributed by atoms with Gasteiger partial charge in [-0.25, -0.2) is 8.42 Å². The highest BCUT2D eigenvalue weighted by Crippen LogP contribution is 2.24. The van der Waals surface area contributed by atoms with Crippen LogP contribution in [0.1, 0.15) is 12.0 Å². The third-order valence-corrected chi connectivity index (χ3v) is 7.03. The van der Waals surface area contributed by atoms with Crippen molar-refractivity contribution in [2.75, 3.05) is 26.7 Å². The van der Waals surface area contributed by atoms with E-state index in [2.05, 4.69) is 15.9 Å². The second-order valence-electron chi connectivity index (χ2n) is 6.58. The Balaban J connectivity index is 1.63. The number of likely N-dealkylation sites (N-methyl/N-ethyl adjacent to an activating group) is 1. The monoisotopic (exact) mass is 464 g/mol. The second-order valence-corrected chi connectivity index (χ2v) is 9.54. The Hall–Kier alpha value is -2.16. The largest absolute Gasteiger partial charge is 0.508 e. The highest BCUT2D eigenvalue weighted by molar-refractivity contribution is 9.10. The summed E-state index contributed by atoms with van der Waals surface area (Å²) in [6.07, 6.45) is 2.65. The van der Waals surface area contributed by atoms with E-state index in [1.165, 1.54) is 19.2 Å². The average molecular weight is 465 g/mol. The Morgan fingerprint density at radius 1 is 1.14 bits per heavy atom. The van der Waals surface area contributed by atoms with Crippen LogP contribution in [0.3, 0.4) is 0 Å². The zero-order valence-electron chi connectivity index (χ0n) is 15.4. The van der Waals surface area contributed by atoms with E-state index >= 15 is 0 Å². The molecule has 0 aromatic heterocycles. The molecule has 1 amide bonds. The quantitative estimate of drug-likeness (QED) is 0.737. The molecule has 0 spiro atoms. The van der Waals surface area contributed by atoms with Crippen LogP contribution in [-0.2, 0) is 14.8 Å². The molecule has 28 heavy (non-hydrogen) atoms. The number of sulfonamides is 1. The van der Waals surface area contributed by atoms with Gasteiger partial charge in [0.05, 0.1) is 11.4 Å². The Morgan fingerprint density at radius 3 is 2.36 bits per heavy atom. The van der Waals surface area contributed by atoms with E-state index in [9.17, 15) is 18.3 Å². The topological polar surface area (TPSA) is 77.9 Å². The summed E-state index contributed by atoms with van der Waals surface area (Å²) in [7, 11) is -2.31. The van der Waals surface area contributed by atoms with Crippen molar-refractivity contribution in [3.8, 4) is 5.75 Å². The predicted molar refractivity (Wildman–Crippen MR) is 111 cm³/mol. The molecule has 0 saturated heterocycles. The SMILES string of the molecule is CN(CC(=O)N1CC=C(c2ccc(O)cc2)CC1)S(=O)(=O)c1ccc(Br)cc1. The number of hydrogen-bond donors (Lipinski definition) is 1. The molecule has 1 aliphatic heterocycles. The number of nitrogens with zero attached hydrogens (tertiary/aromatic N) is 2. The fourth-order valence-corrected chi connectivity index (χ4v) is 4.38. The van der Waals surface area contributed by atoms with Gasteiger partial charge in [0, 0.05) is 24.6 Å². The first kappa shape index (κ1) is 20.6. The van der Waals surface area contributed by atoms with Crippen molar-refractivity contribution in [3.63, 3.8) is 0 Å². The molecule has 1 N–H and O–H groups in total. The van der Waals surface area contributed by atoms with Crippen molar-refractivity contribution in [2.45, 2.75) is 11.3 Å². The molecule has 8 heteroatoms. The third kappa shape index (κ3) is 4.63. The van der Waals surface area contributed by atoms with Crippen molar-refractivity contribution >= 4 is 37.4 Å². The minimum Gasteiger partial charge on any atom is -0.508 e. The maximum Gasteiger partial charge on any atom is 0.243 e. The molecule has 0 aliphatic carbocycles. The lowest BCUT2D eigenvalue weighted by Gasteiger charge is -2.28. The number of amides is 1. The minimum atomic E-state index is -3.72. The lowest BCUT2D eigenvalue weighted by molar-refractivity contribution is -0.130. The number of halogens is 1. The van der Waals surface area contributed by atoms with Crippen LogP contribution >= 0.6 is 15.9 Å². The van der Waals surface area contributed by atoms with Crippen molar-refractivity contribution in [1.29, 1.82) is 0 Å². The Morgan fingerprint density at radius 2 is 1.79 bits per heavy atom. The molecule has 0 bridgehead atoms. The van der Waals surface area contributed by atoms with E-state index < -0.39 is 10.0 Å². The number of phenols is 1. The van der Waals surface area contributed by atoms with Gasteiger partial charge < -0.3 is 10.0 Å². The zero-order chi connectivity index (χ0) is 20.3. The molecule has 0 radical (unpaired) electrons. The number of aromatic hydroxyl groups is 1. The summed E-state index contributed by atoms with van der Waals surface area (Å²) >= 11 is 3.28. The summed E-state index contributed by atoms with van der Waals surface area (Å²) in [6.45, 7) is 0.750. The maximum atomic E-state index is 12.6. The van der Waals surface area contributed by atoms with Gasteiger partial charge in [-0.1, -0.05) is 34.1 Å². The third-order valence-electron chi connectivity index (χ3n) is 4.68. The van der Waals surface area contributed by atoms with Crippen LogP contribution in [-0.4, -0.2) is 55.3 Å². The molecule has 2 aromatic carbocycles. The highest BCUT2D eigenvalue weighted by atomic mass is 79.9. The Bertz CT molecular complexity index is 986. The Kier molecular flexibility index (Phi) is 6.22. The van der Waals surface area contributed by atoms with Crippen LogP contribution in [0.2, 0.25) is 0 Å². The van der Waals surface area contributed by atoms with Crippen molar-refractivity contribution in [3.05, 3.63) is 64.6 Å².